The normalized spacial score (nSPS) is 11.1. The molecule has 30 heavy (non-hydrogen) atoms. The molecule has 2 heterocycles. The van der Waals surface area contributed by atoms with Gasteiger partial charge in [0.2, 0.25) is 0 Å². The number of hydrogen-bond acceptors (Lipinski definition) is 6. The van der Waals surface area contributed by atoms with Crippen LogP contribution in [-0.4, -0.2) is 22.1 Å². The number of nitrogens with zero attached hydrogens (tertiary/aromatic N) is 4. The maximum Gasteiger partial charge on any atom is 0.433 e. The number of rotatable bonds is 5. The summed E-state index contributed by atoms with van der Waals surface area (Å²) in [5.41, 5.74) is 2.75. The summed E-state index contributed by atoms with van der Waals surface area (Å²) in [7, 11) is 0. The summed E-state index contributed by atoms with van der Waals surface area (Å²) in [5.74, 6) is -0.424. The fourth-order valence-electron chi connectivity index (χ4n) is 2.30. The molecule has 0 saturated heterocycles. The van der Waals surface area contributed by atoms with E-state index in [1.807, 2.05) is 6.07 Å². The van der Waals surface area contributed by atoms with Crippen molar-refractivity contribution >= 4 is 23.6 Å². The van der Waals surface area contributed by atoms with E-state index >= 15 is 0 Å². The van der Waals surface area contributed by atoms with E-state index in [0.717, 1.165) is 17.8 Å². The third kappa shape index (κ3) is 5.39. The van der Waals surface area contributed by atoms with Crippen LogP contribution in [0.4, 0.5) is 24.7 Å². The van der Waals surface area contributed by atoms with Gasteiger partial charge in [-0.1, -0.05) is 18.2 Å². The number of hydrogen-bond donors (Lipinski definition) is 2. The Labute approximate surface area is 168 Å². The Kier molecular flexibility index (Phi) is 6.03. The van der Waals surface area contributed by atoms with E-state index in [1.54, 1.807) is 36.4 Å². The molecular formula is C20H13F3N6O. The first-order valence-electron chi connectivity index (χ1n) is 8.46. The third-order valence-electron chi connectivity index (χ3n) is 3.72. The van der Waals surface area contributed by atoms with Crippen LogP contribution in [0.15, 0.2) is 65.9 Å². The molecule has 0 spiro atoms. The maximum absolute atomic E-state index is 12.7. The van der Waals surface area contributed by atoms with Crippen LogP contribution in [0.5, 0.6) is 0 Å². The van der Waals surface area contributed by atoms with Crippen molar-refractivity contribution in [3.63, 3.8) is 0 Å². The number of halogens is 3. The van der Waals surface area contributed by atoms with E-state index in [9.17, 15) is 18.0 Å². The lowest BCUT2D eigenvalue weighted by molar-refractivity contribution is -0.141. The van der Waals surface area contributed by atoms with Gasteiger partial charge in [-0.3, -0.25) is 15.2 Å². The van der Waals surface area contributed by atoms with Crippen molar-refractivity contribution in [2.75, 3.05) is 10.7 Å². The molecule has 150 valence electrons. The predicted molar refractivity (Wildman–Crippen MR) is 104 cm³/mol. The lowest BCUT2D eigenvalue weighted by Gasteiger charge is -2.09. The first-order valence-corrected chi connectivity index (χ1v) is 8.46. The number of nitrogens with one attached hydrogen (secondary N) is 2. The van der Waals surface area contributed by atoms with Crippen LogP contribution < -0.4 is 10.7 Å². The van der Waals surface area contributed by atoms with Gasteiger partial charge < -0.3 is 5.32 Å². The van der Waals surface area contributed by atoms with Crippen molar-refractivity contribution in [3.8, 4) is 6.07 Å². The molecule has 0 bridgehead atoms. The predicted octanol–water partition coefficient (Wildman–Crippen LogP) is 4.07. The molecule has 3 rings (SSSR count). The van der Waals surface area contributed by atoms with Gasteiger partial charge in [-0.15, -0.1) is 0 Å². The van der Waals surface area contributed by atoms with Crippen LogP contribution in [0.25, 0.3) is 0 Å². The Morgan fingerprint density at radius 3 is 2.60 bits per heavy atom. The minimum atomic E-state index is -4.62. The van der Waals surface area contributed by atoms with Crippen LogP contribution in [0.1, 0.15) is 27.3 Å². The van der Waals surface area contributed by atoms with E-state index in [-0.39, 0.29) is 17.2 Å². The zero-order valence-electron chi connectivity index (χ0n) is 15.2. The monoisotopic (exact) mass is 410 g/mol. The highest BCUT2D eigenvalue weighted by molar-refractivity contribution is 6.03. The van der Waals surface area contributed by atoms with Gasteiger partial charge in [-0.25, -0.2) is 4.98 Å². The molecule has 0 aliphatic rings. The number of alkyl halides is 3. The van der Waals surface area contributed by atoms with Crippen molar-refractivity contribution in [2.24, 2.45) is 5.10 Å². The highest BCUT2D eigenvalue weighted by Gasteiger charge is 2.32. The van der Waals surface area contributed by atoms with E-state index in [1.165, 1.54) is 18.3 Å². The van der Waals surface area contributed by atoms with Crippen molar-refractivity contribution in [2.45, 2.75) is 6.18 Å². The summed E-state index contributed by atoms with van der Waals surface area (Å²) in [6.07, 6.45) is -2.15. The Balaban J connectivity index is 1.66. The van der Waals surface area contributed by atoms with Gasteiger partial charge in [0.25, 0.3) is 5.91 Å². The molecular weight excluding hydrogens is 397 g/mol. The minimum Gasteiger partial charge on any atom is -0.321 e. The van der Waals surface area contributed by atoms with Crippen molar-refractivity contribution in [3.05, 3.63) is 83.3 Å². The smallest absolute Gasteiger partial charge is 0.321 e. The summed E-state index contributed by atoms with van der Waals surface area (Å²) < 4.78 is 38.2. The van der Waals surface area contributed by atoms with Crippen LogP contribution in [0.2, 0.25) is 0 Å². The lowest BCUT2D eigenvalue weighted by atomic mass is 10.2. The maximum atomic E-state index is 12.7. The number of aromatic nitrogens is 2. The molecule has 0 unspecified atom stereocenters. The highest BCUT2D eigenvalue weighted by Crippen LogP contribution is 2.28. The summed E-state index contributed by atoms with van der Waals surface area (Å²) >= 11 is 0. The second-order valence-electron chi connectivity index (χ2n) is 5.89. The fourth-order valence-corrected chi connectivity index (χ4v) is 2.30. The van der Waals surface area contributed by atoms with Crippen LogP contribution in [0.3, 0.4) is 0 Å². The summed E-state index contributed by atoms with van der Waals surface area (Å²) in [4.78, 5) is 19.6. The molecule has 0 atom stereocenters. The van der Waals surface area contributed by atoms with Crippen LogP contribution >= 0.6 is 0 Å². The molecule has 3 aromatic rings. The van der Waals surface area contributed by atoms with Gasteiger partial charge in [-0.05, 0) is 42.0 Å². The molecule has 1 aromatic carbocycles. The van der Waals surface area contributed by atoms with Gasteiger partial charge in [0.15, 0.2) is 0 Å². The number of carbonyl (C=O) groups excluding carboxylic acids is 1. The fraction of sp³-hybridized carbons (Fsp3) is 0.0500. The first kappa shape index (κ1) is 20.5. The van der Waals surface area contributed by atoms with E-state index in [4.69, 9.17) is 5.26 Å². The Morgan fingerprint density at radius 2 is 1.90 bits per heavy atom. The number of pyridine rings is 2. The van der Waals surface area contributed by atoms with E-state index in [0.29, 0.717) is 5.56 Å². The van der Waals surface area contributed by atoms with Gasteiger partial charge in [0.05, 0.1) is 17.8 Å². The zero-order valence-corrected chi connectivity index (χ0v) is 15.2. The number of hydrazone groups is 1. The second-order valence-corrected chi connectivity index (χ2v) is 5.89. The molecule has 0 radical (unpaired) electrons. The summed E-state index contributed by atoms with van der Waals surface area (Å²) in [6, 6.07) is 15.3. The van der Waals surface area contributed by atoms with Gasteiger partial charge >= 0.3 is 6.18 Å². The van der Waals surface area contributed by atoms with Gasteiger partial charge in [0, 0.05) is 11.9 Å². The summed E-state index contributed by atoms with van der Waals surface area (Å²) in [5, 5.41) is 15.1. The topological polar surface area (TPSA) is 103 Å². The molecule has 0 saturated carbocycles. The molecule has 1 amide bonds. The third-order valence-corrected chi connectivity index (χ3v) is 3.72. The molecule has 0 aliphatic carbocycles. The Bertz CT molecular complexity index is 1120. The minimum absolute atomic E-state index is 0.0149. The first-order chi connectivity index (χ1) is 14.3. The number of anilines is 2. The van der Waals surface area contributed by atoms with Gasteiger partial charge in [0.1, 0.15) is 17.2 Å². The van der Waals surface area contributed by atoms with Crippen LogP contribution in [0, 0.1) is 11.3 Å². The lowest BCUT2D eigenvalue weighted by Crippen LogP contribution is -2.15. The highest BCUT2D eigenvalue weighted by atomic mass is 19.4. The second kappa shape index (κ2) is 8.83. The molecule has 0 aliphatic heterocycles. The quantitative estimate of drug-likeness (QED) is 0.488. The number of amides is 1. The number of benzene rings is 1. The average molecular weight is 410 g/mol. The molecule has 7 nitrogen and oxygen atoms in total. The van der Waals surface area contributed by atoms with Crippen molar-refractivity contribution in [1.82, 2.24) is 9.97 Å². The SMILES string of the molecule is N#Cc1ccc(C=NNc2cccc(C(=O)Nc3ccnc(C(F)(F)F)c3)n2)cc1. The van der Waals surface area contributed by atoms with E-state index < -0.39 is 17.8 Å². The Hall–Kier alpha value is -4.26. The molecule has 2 aromatic heterocycles. The largest absolute Gasteiger partial charge is 0.433 e. The van der Waals surface area contributed by atoms with Crippen molar-refractivity contribution in [1.29, 1.82) is 5.26 Å². The van der Waals surface area contributed by atoms with E-state index in [2.05, 4.69) is 25.8 Å². The van der Waals surface area contributed by atoms with Gasteiger partial charge in [-0.2, -0.15) is 23.5 Å². The molecule has 2 N–H and O–H groups in total. The summed E-state index contributed by atoms with van der Waals surface area (Å²) in [6.45, 7) is 0. The van der Waals surface area contributed by atoms with Crippen LogP contribution in [-0.2, 0) is 6.18 Å². The molecule has 0 fully saturated rings. The number of carbonyl (C=O) groups is 1. The zero-order chi connectivity index (χ0) is 21.6. The Morgan fingerprint density at radius 1 is 1.13 bits per heavy atom. The number of nitriles is 1. The molecule has 10 heteroatoms. The van der Waals surface area contributed by atoms with Crippen molar-refractivity contribution < 1.29 is 18.0 Å². The average Bonchev–Trinajstić information content (AvgIpc) is 2.74. The standard InChI is InChI=1S/C20H13F3N6O/c21-20(22,23)17-10-15(8-9-25-17)27-19(30)16-2-1-3-18(28-16)29-26-12-14-6-4-13(11-24)5-7-14/h1-10,12H,(H,28,29)(H,25,27,30).